The van der Waals surface area contributed by atoms with E-state index >= 15 is 0 Å². The summed E-state index contributed by atoms with van der Waals surface area (Å²) in [5.74, 6) is 1.27. The van der Waals surface area contributed by atoms with Crippen molar-refractivity contribution < 1.29 is 13.6 Å². The van der Waals surface area contributed by atoms with Gasteiger partial charge in [0.25, 0.3) is 0 Å². The molecule has 7 heteroatoms. The van der Waals surface area contributed by atoms with Gasteiger partial charge in [0, 0.05) is 35.3 Å². The molecule has 4 rings (SSSR count). The van der Waals surface area contributed by atoms with Crippen molar-refractivity contribution in [1.29, 1.82) is 0 Å². The van der Waals surface area contributed by atoms with Crippen LogP contribution in [0.1, 0.15) is 44.7 Å². The van der Waals surface area contributed by atoms with E-state index < -0.39 is 9.84 Å². The topological polar surface area (TPSA) is 84.2 Å². The van der Waals surface area contributed by atoms with Gasteiger partial charge in [-0.15, -0.1) is 0 Å². The van der Waals surface area contributed by atoms with Crippen LogP contribution in [0, 0.1) is 12.8 Å². The number of aromatic nitrogens is 2. The largest absolute Gasteiger partial charge is 0.427 e. The summed E-state index contributed by atoms with van der Waals surface area (Å²) in [7, 11) is -3.35. The van der Waals surface area contributed by atoms with Crippen molar-refractivity contribution >= 4 is 15.5 Å². The molecule has 0 aromatic heterocycles. The van der Waals surface area contributed by atoms with Crippen LogP contribution in [-0.4, -0.2) is 35.6 Å². The number of anilines is 1. The lowest BCUT2D eigenvalue weighted by molar-refractivity contribution is 0.180. The third-order valence-corrected chi connectivity index (χ3v) is 7.46. The molecule has 0 atom stereocenters. The lowest BCUT2D eigenvalue weighted by Crippen LogP contribution is -2.26. The second kappa shape index (κ2) is 7.95. The van der Waals surface area contributed by atoms with Crippen molar-refractivity contribution in [2.45, 2.75) is 56.9 Å². The highest BCUT2D eigenvalue weighted by Gasteiger charge is 2.24. The van der Waals surface area contributed by atoms with E-state index in [1.807, 2.05) is 18.2 Å². The second-order valence-electron chi connectivity index (χ2n) is 8.44. The Morgan fingerprint density at radius 3 is 2.50 bits per heavy atom. The first-order valence-corrected chi connectivity index (χ1v) is 12.4. The summed E-state index contributed by atoms with van der Waals surface area (Å²) in [6, 6.07) is 9.37. The van der Waals surface area contributed by atoms with Crippen molar-refractivity contribution in [3.8, 4) is 22.5 Å². The number of rotatable bonds is 5. The Morgan fingerprint density at radius 2 is 1.83 bits per heavy atom. The van der Waals surface area contributed by atoms with Crippen molar-refractivity contribution in [3.63, 3.8) is 0 Å². The highest BCUT2D eigenvalue weighted by atomic mass is 32.2. The van der Waals surface area contributed by atoms with E-state index in [9.17, 15) is 13.6 Å². The van der Waals surface area contributed by atoms with E-state index in [0.717, 1.165) is 45.9 Å². The SMILES string of the molecule is CCC1CCC(Nc2ccc(S(C)(=O)=O)cc2-c2cc(C)n(O)c3nccc2-3)CC1. The quantitative estimate of drug-likeness (QED) is 0.561. The molecule has 3 aliphatic rings. The van der Waals surface area contributed by atoms with Gasteiger partial charge in [-0.05, 0) is 74.4 Å². The molecule has 0 amide bonds. The molecule has 160 valence electrons. The molecule has 0 bridgehead atoms. The predicted octanol–water partition coefficient (Wildman–Crippen LogP) is 4.98. The Kier molecular flexibility index (Phi) is 5.49. The fraction of sp³-hybridized carbons (Fsp3) is 0.435. The van der Waals surface area contributed by atoms with Gasteiger partial charge in [0.15, 0.2) is 15.7 Å². The lowest BCUT2D eigenvalue weighted by atomic mass is 9.84. The van der Waals surface area contributed by atoms with Crippen LogP contribution in [0.2, 0.25) is 0 Å². The van der Waals surface area contributed by atoms with Crippen LogP contribution in [-0.2, 0) is 9.84 Å². The van der Waals surface area contributed by atoms with Crippen LogP contribution in [0.15, 0.2) is 41.4 Å². The molecule has 2 N–H and O–H groups in total. The van der Waals surface area contributed by atoms with Gasteiger partial charge in [-0.1, -0.05) is 13.3 Å². The number of aryl methyl sites for hydroxylation is 1. The van der Waals surface area contributed by atoms with Gasteiger partial charge < -0.3 is 10.5 Å². The summed E-state index contributed by atoms with van der Waals surface area (Å²) >= 11 is 0. The molecular weight excluding hydrogens is 398 g/mol. The lowest BCUT2D eigenvalue weighted by Gasteiger charge is -2.30. The number of nitrogens with one attached hydrogen (secondary N) is 1. The molecule has 0 saturated heterocycles. The Hall–Kier alpha value is -2.54. The summed E-state index contributed by atoms with van der Waals surface area (Å²) in [5, 5.41) is 14.0. The molecule has 0 unspecified atom stereocenters. The van der Waals surface area contributed by atoms with E-state index in [4.69, 9.17) is 0 Å². The molecule has 1 fully saturated rings. The number of nitrogens with zero attached hydrogens (tertiary/aromatic N) is 2. The summed E-state index contributed by atoms with van der Waals surface area (Å²) < 4.78 is 25.6. The molecule has 6 nitrogen and oxygen atoms in total. The van der Waals surface area contributed by atoms with Crippen LogP contribution in [0.25, 0.3) is 22.5 Å². The summed E-state index contributed by atoms with van der Waals surface area (Å²) in [4.78, 5) is 4.56. The summed E-state index contributed by atoms with van der Waals surface area (Å²) in [6.07, 6.45) is 8.77. The van der Waals surface area contributed by atoms with Crippen LogP contribution < -0.4 is 5.32 Å². The molecule has 1 aliphatic carbocycles. The monoisotopic (exact) mass is 427 g/mol. The van der Waals surface area contributed by atoms with E-state index in [1.165, 1.54) is 25.5 Å². The van der Waals surface area contributed by atoms with Crippen molar-refractivity contribution in [2.24, 2.45) is 5.92 Å². The molecule has 2 heterocycles. The summed E-state index contributed by atoms with van der Waals surface area (Å²) in [6.45, 7) is 4.06. The number of pyridine rings is 1. The van der Waals surface area contributed by atoms with Gasteiger partial charge in [-0.2, -0.15) is 4.73 Å². The maximum Gasteiger partial charge on any atom is 0.176 e. The molecule has 0 radical (unpaired) electrons. The van der Waals surface area contributed by atoms with Gasteiger partial charge in [0.05, 0.1) is 10.6 Å². The van der Waals surface area contributed by atoms with Gasteiger partial charge in [-0.25, -0.2) is 13.4 Å². The molecule has 1 saturated carbocycles. The Bertz CT molecular complexity index is 1130. The highest BCUT2D eigenvalue weighted by molar-refractivity contribution is 7.90. The molecule has 1 aromatic rings. The molecule has 30 heavy (non-hydrogen) atoms. The number of benzene rings is 1. The van der Waals surface area contributed by atoms with Crippen LogP contribution in [0.3, 0.4) is 0 Å². The van der Waals surface area contributed by atoms with Crippen molar-refractivity contribution in [2.75, 3.05) is 11.6 Å². The zero-order chi connectivity index (χ0) is 21.5. The van der Waals surface area contributed by atoms with E-state index in [1.54, 1.807) is 25.3 Å². The molecule has 2 aliphatic heterocycles. The minimum Gasteiger partial charge on any atom is -0.427 e. The van der Waals surface area contributed by atoms with Crippen LogP contribution >= 0.6 is 0 Å². The number of sulfone groups is 1. The highest BCUT2D eigenvalue weighted by Crippen LogP contribution is 2.40. The minimum atomic E-state index is -3.35. The van der Waals surface area contributed by atoms with Crippen LogP contribution in [0.4, 0.5) is 5.69 Å². The third kappa shape index (κ3) is 3.90. The first-order chi connectivity index (χ1) is 14.3. The Labute approximate surface area is 178 Å². The van der Waals surface area contributed by atoms with Gasteiger partial charge in [0.1, 0.15) is 0 Å². The minimum absolute atomic E-state index is 0.281. The van der Waals surface area contributed by atoms with E-state index in [-0.39, 0.29) is 4.90 Å². The molecule has 0 spiro atoms. The fourth-order valence-corrected chi connectivity index (χ4v) is 5.13. The van der Waals surface area contributed by atoms with Crippen LogP contribution in [0.5, 0.6) is 0 Å². The second-order valence-corrected chi connectivity index (χ2v) is 10.5. The first-order valence-electron chi connectivity index (χ1n) is 10.5. The maximum atomic E-state index is 12.2. The average Bonchev–Trinajstić information content (AvgIpc) is 3.21. The molecular formula is C23H29N3O3S. The van der Waals surface area contributed by atoms with Crippen molar-refractivity contribution in [3.05, 3.63) is 42.2 Å². The van der Waals surface area contributed by atoms with Gasteiger partial charge in [-0.3, -0.25) is 0 Å². The average molecular weight is 428 g/mol. The molecule has 1 aromatic carbocycles. The standard InChI is InChI=1S/C23H29N3O3S/c1-4-16-5-7-17(8-6-16)25-22-10-9-18(30(3,28)29)14-21(22)20-13-15(2)26(27)23-19(20)11-12-24-23/h9-14,16-17,25,27H,4-8H2,1-3H3. The van der Waals surface area contributed by atoms with Gasteiger partial charge >= 0.3 is 0 Å². The zero-order valence-electron chi connectivity index (χ0n) is 17.7. The zero-order valence-corrected chi connectivity index (χ0v) is 18.5. The number of hydrogen-bond donors (Lipinski definition) is 2. The summed E-state index contributed by atoms with van der Waals surface area (Å²) in [5.41, 5.74) is 4.01. The van der Waals surface area contributed by atoms with Gasteiger partial charge in [0.2, 0.25) is 0 Å². The Balaban J connectivity index is 1.80. The smallest absolute Gasteiger partial charge is 0.176 e. The normalized spacial score (nSPS) is 19.8. The Morgan fingerprint density at radius 1 is 1.10 bits per heavy atom. The number of fused-ring (bicyclic) bond motifs is 1. The fourth-order valence-electron chi connectivity index (χ4n) is 4.48. The third-order valence-electron chi connectivity index (χ3n) is 6.35. The van der Waals surface area contributed by atoms with Crippen molar-refractivity contribution in [1.82, 2.24) is 9.71 Å². The van der Waals surface area contributed by atoms with E-state index in [0.29, 0.717) is 17.6 Å². The predicted molar refractivity (Wildman–Crippen MR) is 119 cm³/mol. The first kappa shape index (κ1) is 20.7. The maximum absolute atomic E-state index is 12.2. The van der Waals surface area contributed by atoms with E-state index in [2.05, 4.69) is 17.2 Å². The number of hydrogen-bond acceptors (Lipinski definition) is 5.